The van der Waals surface area contributed by atoms with Crippen LogP contribution >= 0.6 is 23.2 Å². The van der Waals surface area contributed by atoms with E-state index in [0.717, 1.165) is 5.39 Å². The van der Waals surface area contributed by atoms with Gasteiger partial charge >= 0.3 is 5.97 Å². The van der Waals surface area contributed by atoms with Crippen LogP contribution in [0.4, 0.5) is 0 Å². The number of benzene rings is 2. The summed E-state index contributed by atoms with van der Waals surface area (Å²) in [5.41, 5.74) is 0.622. The Kier molecular flexibility index (Phi) is 3.38. The van der Waals surface area contributed by atoms with Gasteiger partial charge in [-0.1, -0.05) is 41.4 Å². The lowest BCUT2D eigenvalue weighted by molar-refractivity contribution is 0.0704. The number of hydrogen-bond acceptors (Lipinski definition) is 3. The number of carbonyl (C=O) groups excluding carboxylic acids is 1. The summed E-state index contributed by atoms with van der Waals surface area (Å²) < 4.78 is 10.6. The molecule has 0 aliphatic carbocycles. The third-order valence-corrected chi connectivity index (χ3v) is 3.27. The van der Waals surface area contributed by atoms with Crippen LogP contribution in [0, 0.1) is 0 Å². The highest BCUT2D eigenvalue weighted by Crippen LogP contribution is 2.29. The van der Waals surface area contributed by atoms with Crippen molar-refractivity contribution in [3.8, 4) is 5.75 Å². The quantitative estimate of drug-likeness (QED) is 0.496. The highest BCUT2D eigenvalue weighted by Gasteiger charge is 2.16. The maximum Gasteiger partial charge on any atom is 0.379 e. The molecule has 3 rings (SSSR count). The zero-order chi connectivity index (χ0) is 14.1. The van der Waals surface area contributed by atoms with Crippen LogP contribution in [-0.4, -0.2) is 5.97 Å². The molecule has 0 radical (unpaired) electrons. The lowest BCUT2D eigenvalue weighted by Gasteiger charge is -2.04. The average molecular weight is 307 g/mol. The van der Waals surface area contributed by atoms with E-state index in [4.69, 9.17) is 32.4 Å². The van der Waals surface area contributed by atoms with Gasteiger partial charge in [0.1, 0.15) is 5.58 Å². The Balaban J connectivity index is 1.90. The molecule has 0 unspecified atom stereocenters. The Hall–Kier alpha value is -1.97. The van der Waals surface area contributed by atoms with Gasteiger partial charge in [0, 0.05) is 16.5 Å². The van der Waals surface area contributed by atoms with Crippen molar-refractivity contribution in [2.75, 3.05) is 0 Å². The van der Waals surface area contributed by atoms with E-state index < -0.39 is 5.97 Å². The molecule has 0 saturated carbocycles. The Labute approximate surface area is 124 Å². The minimum Gasteiger partial charge on any atom is -0.449 e. The number of ether oxygens (including phenoxy) is 1. The van der Waals surface area contributed by atoms with Crippen LogP contribution in [0.1, 0.15) is 10.6 Å². The molecule has 0 spiro atoms. The molecule has 2 aromatic carbocycles. The summed E-state index contributed by atoms with van der Waals surface area (Å²) in [6.45, 7) is 0. The van der Waals surface area contributed by atoms with Crippen LogP contribution in [0.3, 0.4) is 0 Å². The molecule has 0 fully saturated rings. The van der Waals surface area contributed by atoms with Crippen LogP contribution < -0.4 is 4.74 Å². The van der Waals surface area contributed by atoms with E-state index in [1.165, 1.54) is 6.07 Å². The van der Waals surface area contributed by atoms with Gasteiger partial charge in [0.25, 0.3) is 0 Å². The van der Waals surface area contributed by atoms with Crippen LogP contribution in [0.15, 0.2) is 52.9 Å². The molecule has 0 saturated heterocycles. The van der Waals surface area contributed by atoms with Crippen molar-refractivity contribution in [2.24, 2.45) is 0 Å². The Bertz CT molecular complexity index is 760. The summed E-state index contributed by atoms with van der Waals surface area (Å²) in [6.07, 6.45) is 0. The summed E-state index contributed by atoms with van der Waals surface area (Å²) in [7, 11) is 0. The van der Waals surface area contributed by atoms with Gasteiger partial charge in [-0.15, -0.1) is 0 Å². The third-order valence-electron chi connectivity index (χ3n) is 2.72. The molecular weight excluding hydrogens is 299 g/mol. The number of rotatable bonds is 2. The molecule has 0 aliphatic rings. The molecule has 1 heterocycles. The number of hydrogen-bond donors (Lipinski definition) is 0. The number of furan rings is 1. The van der Waals surface area contributed by atoms with Gasteiger partial charge in [-0.2, -0.15) is 0 Å². The van der Waals surface area contributed by atoms with Crippen molar-refractivity contribution < 1.29 is 13.9 Å². The van der Waals surface area contributed by atoms with E-state index in [1.54, 1.807) is 24.3 Å². The Morgan fingerprint density at radius 3 is 2.65 bits per heavy atom. The predicted octanol–water partition coefficient (Wildman–Crippen LogP) is 4.96. The Morgan fingerprint density at radius 1 is 1.05 bits per heavy atom. The van der Waals surface area contributed by atoms with E-state index in [-0.39, 0.29) is 11.5 Å². The van der Waals surface area contributed by atoms with Gasteiger partial charge in [-0.3, -0.25) is 0 Å². The fourth-order valence-corrected chi connectivity index (χ4v) is 2.11. The molecule has 20 heavy (non-hydrogen) atoms. The van der Waals surface area contributed by atoms with E-state index in [2.05, 4.69) is 0 Å². The summed E-state index contributed by atoms with van der Waals surface area (Å²) >= 11 is 11.8. The predicted molar refractivity (Wildman–Crippen MR) is 77.6 cm³/mol. The van der Waals surface area contributed by atoms with E-state index in [1.807, 2.05) is 18.2 Å². The second-order valence-corrected chi connectivity index (χ2v) is 4.96. The largest absolute Gasteiger partial charge is 0.449 e. The number of para-hydroxylation sites is 1. The molecule has 0 bridgehead atoms. The zero-order valence-electron chi connectivity index (χ0n) is 10.1. The number of halogens is 2. The molecule has 5 heteroatoms. The number of fused-ring (bicyclic) bond motifs is 1. The molecule has 100 valence electrons. The van der Waals surface area contributed by atoms with Crippen molar-refractivity contribution in [2.45, 2.75) is 0 Å². The lowest BCUT2D eigenvalue weighted by Crippen LogP contribution is -2.07. The first-order valence-corrected chi connectivity index (χ1v) is 6.55. The Morgan fingerprint density at radius 2 is 1.85 bits per heavy atom. The number of carbonyl (C=O) groups is 1. The summed E-state index contributed by atoms with van der Waals surface area (Å²) in [4.78, 5) is 12.0. The molecular formula is C15H8Cl2O3. The molecule has 0 N–H and O–H groups in total. The van der Waals surface area contributed by atoms with E-state index >= 15 is 0 Å². The minimum atomic E-state index is -0.620. The standard InChI is InChI=1S/C15H8Cl2O3/c16-10-5-6-11(17)13(8-10)20-15(18)14-7-9-3-1-2-4-12(9)19-14/h1-8H. The number of esters is 1. The minimum absolute atomic E-state index is 0.113. The van der Waals surface area contributed by atoms with Crippen molar-refractivity contribution in [1.29, 1.82) is 0 Å². The molecule has 0 amide bonds. The van der Waals surface area contributed by atoms with Crippen molar-refractivity contribution in [3.63, 3.8) is 0 Å². The molecule has 0 atom stereocenters. The fraction of sp³-hybridized carbons (Fsp3) is 0. The van der Waals surface area contributed by atoms with Gasteiger partial charge in [0.2, 0.25) is 5.76 Å². The fourth-order valence-electron chi connectivity index (χ4n) is 1.79. The van der Waals surface area contributed by atoms with E-state index in [0.29, 0.717) is 15.6 Å². The maximum atomic E-state index is 12.0. The smallest absolute Gasteiger partial charge is 0.379 e. The van der Waals surface area contributed by atoms with Gasteiger partial charge in [-0.25, -0.2) is 4.79 Å². The second kappa shape index (κ2) is 5.19. The first-order chi connectivity index (χ1) is 9.63. The summed E-state index contributed by atoms with van der Waals surface area (Å²) in [5, 5.41) is 1.57. The normalized spacial score (nSPS) is 10.7. The molecule has 1 aromatic heterocycles. The second-order valence-electron chi connectivity index (χ2n) is 4.11. The summed E-state index contributed by atoms with van der Waals surface area (Å²) in [5.74, 6) is -0.308. The van der Waals surface area contributed by atoms with Crippen molar-refractivity contribution in [3.05, 3.63) is 64.3 Å². The van der Waals surface area contributed by atoms with Gasteiger partial charge in [0.05, 0.1) is 5.02 Å². The maximum absolute atomic E-state index is 12.0. The zero-order valence-corrected chi connectivity index (χ0v) is 11.6. The van der Waals surface area contributed by atoms with Gasteiger partial charge in [-0.05, 0) is 24.3 Å². The SMILES string of the molecule is O=C(Oc1cc(Cl)ccc1Cl)c1cc2ccccc2o1. The average Bonchev–Trinajstić information content (AvgIpc) is 2.87. The van der Waals surface area contributed by atoms with Gasteiger partial charge < -0.3 is 9.15 Å². The topological polar surface area (TPSA) is 39.4 Å². The highest BCUT2D eigenvalue weighted by atomic mass is 35.5. The monoisotopic (exact) mass is 306 g/mol. The lowest BCUT2D eigenvalue weighted by atomic mass is 10.2. The third kappa shape index (κ3) is 2.50. The highest BCUT2D eigenvalue weighted by molar-refractivity contribution is 6.34. The van der Waals surface area contributed by atoms with Crippen LogP contribution in [0.25, 0.3) is 11.0 Å². The first kappa shape index (κ1) is 13.0. The van der Waals surface area contributed by atoms with E-state index in [9.17, 15) is 4.79 Å². The molecule has 3 aromatic rings. The molecule has 3 nitrogen and oxygen atoms in total. The van der Waals surface area contributed by atoms with Gasteiger partial charge in [0.15, 0.2) is 5.75 Å². The van der Waals surface area contributed by atoms with Crippen LogP contribution in [-0.2, 0) is 0 Å². The van der Waals surface area contributed by atoms with Crippen LogP contribution in [0.2, 0.25) is 10.0 Å². The first-order valence-electron chi connectivity index (χ1n) is 5.79. The molecule has 0 aliphatic heterocycles. The van der Waals surface area contributed by atoms with Crippen molar-refractivity contribution in [1.82, 2.24) is 0 Å². The van der Waals surface area contributed by atoms with Crippen molar-refractivity contribution >= 4 is 40.1 Å². The van der Waals surface area contributed by atoms with Crippen LogP contribution in [0.5, 0.6) is 5.75 Å². The summed E-state index contributed by atoms with van der Waals surface area (Å²) in [6, 6.07) is 13.6.